The number of aryl methyl sites for hydroxylation is 1. The van der Waals surface area contributed by atoms with Crippen LogP contribution in [0.5, 0.6) is 11.5 Å². The minimum atomic E-state index is -0.371. The van der Waals surface area contributed by atoms with Gasteiger partial charge in [0.2, 0.25) is 5.95 Å². The van der Waals surface area contributed by atoms with Crippen LogP contribution in [0.25, 0.3) is 11.4 Å². The summed E-state index contributed by atoms with van der Waals surface area (Å²) in [5.41, 5.74) is 4.67. The molecule has 1 aliphatic carbocycles. The lowest BCUT2D eigenvalue weighted by Gasteiger charge is -2.32. The predicted octanol–water partition coefficient (Wildman–Crippen LogP) is 4.29. The summed E-state index contributed by atoms with van der Waals surface area (Å²) in [5.74, 6) is 2.69. The summed E-state index contributed by atoms with van der Waals surface area (Å²) in [6, 6.07) is 13.4. The molecule has 0 spiro atoms. The highest BCUT2D eigenvalue weighted by atomic mass is 16.5. The molecule has 5 rings (SSSR count). The average Bonchev–Trinajstić information content (AvgIpc) is 3.21. The van der Waals surface area contributed by atoms with Crippen molar-refractivity contribution < 1.29 is 14.3 Å². The van der Waals surface area contributed by atoms with Gasteiger partial charge in [-0.3, -0.25) is 4.79 Å². The van der Waals surface area contributed by atoms with Crippen LogP contribution in [-0.2, 0) is 4.79 Å². The lowest BCUT2D eigenvalue weighted by molar-refractivity contribution is -0.116. The zero-order chi connectivity index (χ0) is 21.5. The number of carbonyl (C=O) groups is 1. The Labute approximate surface area is 180 Å². The van der Waals surface area contributed by atoms with Crippen LogP contribution in [0.3, 0.4) is 0 Å². The molecule has 0 saturated carbocycles. The third-order valence-electron chi connectivity index (χ3n) is 5.98. The monoisotopic (exact) mass is 416 g/mol. The Morgan fingerprint density at radius 1 is 1.06 bits per heavy atom. The molecule has 1 aromatic heterocycles. The largest absolute Gasteiger partial charge is 0.493 e. The van der Waals surface area contributed by atoms with E-state index in [1.807, 2.05) is 54.1 Å². The Morgan fingerprint density at radius 3 is 2.65 bits per heavy atom. The molecule has 0 saturated heterocycles. The summed E-state index contributed by atoms with van der Waals surface area (Å²) in [6.07, 6.45) is 2.19. The fourth-order valence-electron chi connectivity index (χ4n) is 4.43. The van der Waals surface area contributed by atoms with Crippen molar-refractivity contribution in [1.82, 2.24) is 14.8 Å². The number of benzene rings is 2. The summed E-state index contributed by atoms with van der Waals surface area (Å²) < 4.78 is 12.7. The maximum Gasteiger partial charge on any atom is 0.226 e. The van der Waals surface area contributed by atoms with E-state index < -0.39 is 0 Å². The molecule has 158 valence electrons. The quantitative estimate of drug-likeness (QED) is 0.684. The molecule has 7 heteroatoms. The number of fused-ring (bicyclic) bond motifs is 1. The number of anilines is 1. The first-order valence-electron chi connectivity index (χ1n) is 10.4. The van der Waals surface area contributed by atoms with Gasteiger partial charge in [0.15, 0.2) is 23.1 Å². The number of methoxy groups -OCH3 is 2. The number of Topliss-reactive ketones (excluding diaryl/α,β-unsaturated/α-hetero) is 1. The Bertz CT molecular complexity index is 1210. The topological polar surface area (TPSA) is 78.3 Å². The second-order valence-corrected chi connectivity index (χ2v) is 7.83. The van der Waals surface area contributed by atoms with Gasteiger partial charge >= 0.3 is 0 Å². The van der Waals surface area contributed by atoms with E-state index in [4.69, 9.17) is 19.6 Å². The number of ether oxygens (including phenoxy) is 2. The number of allylic oxidation sites excluding steroid dienone is 2. The van der Waals surface area contributed by atoms with Gasteiger partial charge in [0, 0.05) is 23.3 Å². The number of nitrogens with one attached hydrogen (secondary N) is 1. The van der Waals surface area contributed by atoms with Crippen molar-refractivity contribution in [3.63, 3.8) is 0 Å². The third kappa shape index (κ3) is 3.17. The van der Waals surface area contributed by atoms with E-state index in [0.717, 1.165) is 40.8 Å². The molecule has 0 fully saturated rings. The molecule has 1 N–H and O–H groups in total. The van der Waals surface area contributed by atoms with Crippen LogP contribution in [0.1, 0.15) is 36.4 Å². The summed E-state index contributed by atoms with van der Waals surface area (Å²) in [6.45, 7) is 2.04. The van der Waals surface area contributed by atoms with E-state index in [1.54, 1.807) is 14.2 Å². The zero-order valence-electron chi connectivity index (χ0n) is 17.8. The highest BCUT2D eigenvalue weighted by molar-refractivity contribution is 5.99. The van der Waals surface area contributed by atoms with Gasteiger partial charge in [-0.2, -0.15) is 4.98 Å². The number of hydrogen-bond donors (Lipinski definition) is 1. The molecule has 0 bridgehead atoms. The van der Waals surface area contributed by atoms with Crippen LogP contribution in [0.4, 0.5) is 5.95 Å². The van der Waals surface area contributed by atoms with Crippen LogP contribution in [0.2, 0.25) is 0 Å². The molecule has 2 aromatic carbocycles. The molecule has 1 aliphatic heterocycles. The Hall–Kier alpha value is -3.61. The van der Waals surface area contributed by atoms with Gasteiger partial charge in [0.1, 0.15) is 6.04 Å². The number of carbonyl (C=O) groups excluding carboxylic acids is 1. The summed E-state index contributed by atoms with van der Waals surface area (Å²) >= 11 is 0. The molecule has 0 radical (unpaired) electrons. The second kappa shape index (κ2) is 7.58. The van der Waals surface area contributed by atoms with Gasteiger partial charge in [-0.1, -0.05) is 30.3 Å². The number of aromatic nitrogens is 3. The molecular formula is C24H24N4O3. The molecule has 1 atom stereocenters. The number of hydrogen-bond acceptors (Lipinski definition) is 6. The molecule has 2 heterocycles. The van der Waals surface area contributed by atoms with E-state index in [2.05, 4.69) is 5.32 Å². The number of ketones is 1. The van der Waals surface area contributed by atoms with Crippen molar-refractivity contribution >= 4 is 11.7 Å². The van der Waals surface area contributed by atoms with Crippen LogP contribution >= 0.6 is 0 Å². The highest BCUT2D eigenvalue weighted by Gasteiger charge is 2.37. The van der Waals surface area contributed by atoms with Crippen molar-refractivity contribution in [1.29, 1.82) is 0 Å². The smallest absolute Gasteiger partial charge is 0.226 e. The van der Waals surface area contributed by atoms with E-state index in [-0.39, 0.29) is 11.8 Å². The van der Waals surface area contributed by atoms with Gasteiger partial charge in [-0.25, -0.2) is 4.68 Å². The van der Waals surface area contributed by atoms with Crippen LogP contribution in [0, 0.1) is 6.92 Å². The molecule has 1 unspecified atom stereocenters. The normalized spacial score (nSPS) is 17.6. The summed E-state index contributed by atoms with van der Waals surface area (Å²) in [7, 11) is 3.22. The van der Waals surface area contributed by atoms with Crippen molar-refractivity contribution in [2.75, 3.05) is 19.5 Å². The first-order chi connectivity index (χ1) is 15.1. The Morgan fingerprint density at radius 2 is 1.87 bits per heavy atom. The molecule has 2 aliphatic rings. The van der Waals surface area contributed by atoms with Crippen molar-refractivity contribution in [2.45, 2.75) is 32.2 Å². The van der Waals surface area contributed by atoms with E-state index in [0.29, 0.717) is 29.7 Å². The van der Waals surface area contributed by atoms with Gasteiger partial charge in [0.25, 0.3) is 0 Å². The van der Waals surface area contributed by atoms with Crippen molar-refractivity contribution in [2.24, 2.45) is 0 Å². The second-order valence-electron chi connectivity index (χ2n) is 7.83. The number of rotatable bonds is 4. The maximum absolute atomic E-state index is 13.0. The zero-order valence-corrected chi connectivity index (χ0v) is 17.8. The van der Waals surface area contributed by atoms with Crippen molar-refractivity contribution in [3.8, 4) is 22.9 Å². The maximum atomic E-state index is 13.0. The first kappa shape index (κ1) is 19.4. The highest BCUT2D eigenvalue weighted by Crippen LogP contribution is 2.42. The fraction of sp³-hybridized carbons (Fsp3) is 0.292. The van der Waals surface area contributed by atoms with E-state index >= 15 is 0 Å². The molecular weight excluding hydrogens is 392 g/mol. The van der Waals surface area contributed by atoms with Crippen molar-refractivity contribution in [3.05, 3.63) is 64.9 Å². The fourth-order valence-corrected chi connectivity index (χ4v) is 4.43. The van der Waals surface area contributed by atoms with Gasteiger partial charge in [0.05, 0.1) is 14.2 Å². The molecule has 31 heavy (non-hydrogen) atoms. The molecule has 3 aromatic rings. The summed E-state index contributed by atoms with van der Waals surface area (Å²) in [4.78, 5) is 17.8. The molecule has 7 nitrogen and oxygen atoms in total. The minimum Gasteiger partial charge on any atom is -0.493 e. The van der Waals surface area contributed by atoms with Crippen LogP contribution in [-0.4, -0.2) is 34.8 Å². The lowest BCUT2D eigenvalue weighted by atomic mass is 9.85. The minimum absolute atomic E-state index is 0.145. The number of nitrogens with zero attached hydrogens (tertiary/aromatic N) is 3. The SMILES string of the molecule is COc1ccc(C2C3=C(CCCC3=O)Nc3nc(-c4ccccc4C)nn32)cc1OC. The Kier molecular flexibility index (Phi) is 4.73. The Balaban J connectivity index is 1.69. The van der Waals surface area contributed by atoms with E-state index in [9.17, 15) is 4.79 Å². The van der Waals surface area contributed by atoms with Crippen LogP contribution in [0.15, 0.2) is 53.7 Å². The van der Waals surface area contributed by atoms with Crippen LogP contribution < -0.4 is 14.8 Å². The predicted molar refractivity (Wildman–Crippen MR) is 117 cm³/mol. The van der Waals surface area contributed by atoms with Gasteiger partial charge < -0.3 is 14.8 Å². The average molecular weight is 416 g/mol. The third-order valence-corrected chi connectivity index (χ3v) is 5.98. The first-order valence-corrected chi connectivity index (χ1v) is 10.4. The van der Waals surface area contributed by atoms with Gasteiger partial charge in [-0.15, -0.1) is 5.10 Å². The standard InChI is InChI=1S/C24H24N4O3/c1-14-7-4-5-8-16(14)23-26-24-25-17-9-6-10-18(29)21(17)22(28(24)27-23)15-11-12-19(30-2)20(13-15)31-3/h4-5,7-8,11-13,22H,6,9-10H2,1-3H3,(H,25,26,27). The summed E-state index contributed by atoms with van der Waals surface area (Å²) in [5, 5.41) is 8.23. The van der Waals surface area contributed by atoms with Gasteiger partial charge in [-0.05, 0) is 43.0 Å². The lowest BCUT2D eigenvalue weighted by Crippen LogP contribution is -2.31. The molecule has 0 amide bonds. The van der Waals surface area contributed by atoms with E-state index in [1.165, 1.54) is 0 Å².